The lowest BCUT2D eigenvalue weighted by molar-refractivity contribution is 0.439. The summed E-state index contributed by atoms with van der Waals surface area (Å²) >= 11 is 3.50. The lowest BCUT2D eigenvalue weighted by Gasteiger charge is -2.22. The van der Waals surface area contributed by atoms with Crippen molar-refractivity contribution >= 4 is 15.9 Å². The third-order valence-electron chi connectivity index (χ3n) is 4.05. The van der Waals surface area contributed by atoms with Crippen molar-refractivity contribution in [3.63, 3.8) is 0 Å². The number of halogens is 1. The van der Waals surface area contributed by atoms with Crippen LogP contribution in [0.5, 0.6) is 0 Å². The van der Waals surface area contributed by atoms with Gasteiger partial charge in [-0.1, -0.05) is 28.1 Å². The second-order valence-electron chi connectivity index (χ2n) is 4.85. The summed E-state index contributed by atoms with van der Waals surface area (Å²) in [5, 5.41) is 3.49. The molecule has 2 fully saturated rings. The SMILES string of the molecule is Brc1ccc(C2(C3CCNC3)CC2)cc1. The molecule has 1 heterocycles. The van der Waals surface area contributed by atoms with Crippen LogP contribution in [0.2, 0.25) is 0 Å². The quantitative estimate of drug-likeness (QED) is 0.867. The molecule has 80 valence electrons. The standard InChI is InChI=1S/C13H16BrN/c14-12-3-1-10(2-4-12)13(6-7-13)11-5-8-15-9-11/h1-4,11,15H,5-9H2. The molecule has 1 aliphatic heterocycles. The van der Waals surface area contributed by atoms with Crippen LogP contribution in [0.15, 0.2) is 28.7 Å². The third-order valence-corrected chi connectivity index (χ3v) is 4.58. The van der Waals surface area contributed by atoms with E-state index in [-0.39, 0.29) is 0 Å². The normalized spacial score (nSPS) is 27.9. The van der Waals surface area contributed by atoms with Crippen molar-refractivity contribution in [2.75, 3.05) is 13.1 Å². The van der Waals surface area contributed by atoms with Gasteiger partial charge in [-0.05, 0) is 61.4 Å². The van der Waals surface area contributed by atoms with Gasteiger partial charge in [-0.15, -0.1) is 0 Å². The van der Waals surface area contributed by atoms with E-state index < -0.39 is 0 Å². The zero-order chi connectivity index (χ0) is 10.3. The molecule has 0 bridgehead atoms. The summed E-state index contributed by atoms with van der Waals surface area (Å²) in [6, 6.07) is 8.96. The smallest absolute Gasteiger partial charge is 0.0175 e. The van der Waals surface area contributed by atoms with Crippen LogP contribution >= 0.6 is 15.9 Å². The molecule has 0 radical (unpaired) electrons. The molecule has 15 heavy (non-hydrogen) atoms. The lowest BCUT2D eigenvalue weighted by atomic mass is 9.82. The van der Waals surface area contributed by atoms with Gasteiger partial charge in [-0.25, -0.2) is 0 Å². The average molecular weight is 266 g/mol. The summed E-state index contributed by atoms with van der Waals surface area (Å²) in [6.07, 6.45) is 4.14. The molecule has 1 saturated heterocycles. The van der Waals surface area contributed by atoms with Crippen molar-refractivity contribution in [1.29, 1.82) is 0 Å². The predicted octanol–water partition coefficient (Wildman–Crippen LogP) is 3.09. The first-order chi connectivity index (χ1) is 7.31. The number of rotatable bonds is 2. The van der Waals surface area contributed by atoms with Gasteiger partial charge in [-0.2, -0.15) is 0 Å². The molecule has 0 aromatic heterocycles. The highest BCUT2D eigenvalue weighted by atomic mass is 79.9. The maximum absolute atomic E-state index is 3.50. The summed E-state index contributed by atoms with van der Waals surface area (Å²) in [5.41, 5.74) is 2.09. The fourth-order valence-electron chi connectivity index (χ4n) is 2.98. The van der Waals surface area contributed by atoms with Gasteiger partial charge in [0, 0.05) is 4.47 Å². The fraction of sp³-hybridized carbons (Fsp3) is 0.538. The highest BCUT2D eigenvalue weighted by molar-refractivity contribution is 9.10. The molecule has 0 amide bonds. The third kappa shape index (κ3) is 1.64. The minimum Gasteiger partial charge on any atom is -0.316 e. The monoisotopic (exact) mass is 265 g/mol. The highest BCUT2D eigenvalue weighted by Gasteiger charge is 2.50. The highest BCUT2D eigenvalue weighted by Crippen LogP contribution is 2.55. The van der Waals surface area contributed by atoms with E-state index in [1.54, 1.807) is 5.56 Å². The molecule has 0 spiro atoms. The van der Waals surface area contributed by atoms with Crippen molar-refractivity contribution in [1.82, 2.24) is 5.32 Å². The van der Waals surface area contributed by atoms with Crippen molar-refractivity contribution in [2.24, 2.45) is 5.92 Å². The number of hydrogen-bond donors (Lipinski definition) is 1. The largest absolute Gasteiger partial charge is 0.316 e. The first-order valence-electron chi connectivity index (χ1n) is 5.78. The summed E-state index contributed by atoms with van der Waals surface area (Å²) < 4.78 is 1.19. The Hall–Kier alpha value is -0.340. The van der Waals surface area contributed by atoms with E-state index in [9.17, 15) is 0 Å². The van der Waals surface area contributed by atoms with E-state index in [4.69, 9.17) is 0 Å². The molecule has 3 rings (SSSR count). The van der Waals surface area contributed by atoms with Crippen LogP contribution in [0.4, 0.5) is 0 Å². The molecule has 1 N–H and O–H groups in total. The van der Waals surface area contributed by atoms with E-state index >= 15 is 0 Å². The maximum atomic E-state index is 3.50. The van der Waals surface area contributed by atoms with Gasteiger partial charge in [0.15, 0.2) is 0 Å². The molecular weight excluding hydrogens is 250 g/mol. The lowest BCUT2D eigenvalue weighted by Crippen LogP contribution is -2.22. The van der Waals surface area contributed by atoms with Crippen LogP contribution in [0.1, 0.15) is 24.8 Å². The van der Waals surface area contributed by atoms with Crippen LogP contribution in [0, 0.1) is 5.92 Å². The fourth-order valence-corrected chi connectivity index (χ4v) is 3.24. The van der Waals surface area contributed by atoms with Crippen molar-refractivity contribution in [3.05, 3.63) is 34.3 Å². The number of hydrogen-bond acceptors (Lipinski definition) is 1. The molecule has 1 saturated carbocycles. The topological polar surface area (TPSA) is 12.0 Å². The van der Waals surface area contributed by atoms with Gasteiger partial charge in [-0.3, -0.25) is 0 Å². The average Bonchev–Trinajstić information content (AvgIpc) is 2.88. The van der Waals surface area contributed by atoms with E-state index in [2.05, 4.69) is 45.5 Å². The predicted molar refractivity (Wildman–Crippen MR) is 66.0 cm³/mol. The first kappa shape index (κ1) is 9.86. The summed E-state index contributed by atoms with van der Waals surface area (Å²) in [6.45, 7) is 2.43. The first-order valence-corrected chi connectivity index (χ1v) is 6.57. The van der Waals surface area contributed by atoms with Crippen molar-refractivity contribution < 1.29 is 0 Å². The van der Waals surface area contributed by atoms with Gasteiger partial charge in [0.25, 0.3) is 0 Å². The molecule has 1 aliphatic carbocycles. The molecular formula is C13H16BrN. The molecule has 2 heteroatoms. The van der Waals surface area contributed by atoms with Crippen molar-refractivity contribution in [3.8, 4) is 0 Å². The Morgan fingerprint density at radius 1 is 1.20 bits per heavy atom. The van der Waals surface area contributed by atoms with Gasteiger partial charge >= 0.3 is 0 Å². The minimum atomic E-state index is 0.532. The summed E-state index contributed by atoms with van der Waals surface area (Å²) in [5.74, 6) is 0.874. The summed E-state index contributed by atoms with van der Waals surface area (Å²) in [7, 11) is 0. The Morgan fingerprint density at radius 2 is 1.93 bits per heavy atom. The Kier molecular flexibility index (Phi) is 2.37. The zero-order valence-electron chi connectivity index (χ0n) is 8.80. The summed E-state index contributed by atoms with van der Waals surface area (Å²) in [4.78, 5) is 0. The molecule has 1 atom stereocenters. The van der Waals surface area contributed by atoms with Crippen LogP contribution in [0.3, 0.4) is 0 Å². The van der Waals surface area contributed by atoms with E-state index in [0.717, 1.165) is 5.92 Å². The zero-order valence-corrected chi connectivity index (χ0v) is 10.4. The molecule has 1 unspecified atom stereocenters. The van der Waals surface area contributed by atoms with Crippen LogP contribution in [0.25, 0.3) is 0 Å². The minimum absolute atomic E-state index is 0.532. The Balaban J connectivity index is 1.89. The van der Waals surface area contributed by atoms with Gasteiger partial charge in [0.2, 0.25) is 0 Å². The Morgan fingerprint density at radius 3 is 2.47 bits per heavy atom. The molecule has 2 aliphatic rings. The number of benzene rings is 1. The van der Waals surface area contributed by atoms with E-state index in [1.807, 2.05) is 0 Å². The van der Waals surface area contributed by atoms with Crippen molar-refractivity contribution in [2.45, 2.75) is 24.7 Å². The molecule has 1 aromatic rings. The van der Waals surface area contributed by atoms with E-state index in [0.29, 0.717) is 5.41 Å². The van der Waals surface area contributed by atoms with Gasteiger partial charge < -0.3 is 5.32 Å². The van der Waals surface area contributed by atoms with Crippen LogP contribution < -0.4 is 5.32 Å². The second-order valence-corrected chi connectivity index (χ2v) is 5.77. The maximum Gasteiger partial charge on any atom is 0.0175 e. The van der Waals surface area contributed by atoms with Gasteiger partial charge in [0.05, 0.1) is 0 Å². The Labute approximate surface area is 99.4 Å². The van der Waals surface area contributed by atoms with Crippen LogP contribution in [-0.2, 0) is 5.41 Å². The molecule has 1 nitrogen and oxygen atoms in total. The Bertz CT molecular complexity index is 347. The van der Waals surface area contributed by atoms with Gasteiger partial charge in [0.1, 0.15) is 0 Å². The second kappa shape index (κ2) is 3.60. The van der Waals surface area contributed by atoms with Crippen LogP contribution in [-0.4, -0.2) is 13.1 Å². The number of nitrogens with one attached hydrogen (secondary N) is 1. The molecule has 1 aromatic carbocycles. The van der Waals surface area contributed by atoms with E-state index in [1.165, 1.54) is 36.8 Å².